The average Bonchev–Trinajstić information content (AvgIpc) is 3.16. The quantitative estimate of drug-likeness (QED) is 0.749. The minimum atomic E-state index is -0.0283. The molecule has 0 saturated carbocycles. The molecule has 1 N–H and O–H groups in total. The van der Waals surface area contributed by atoms with Crippen molar-refractivity contribution in [1.29, 1.82) is 0 Å². The van der Waals surface area contributed by atoms with Gasteiger partial charge in [-0.1, -0.05) is 23.7 Å². The number of halogens is 1. The Balaban J connectivity index is 1.77. The highest BCUT2D eigenvalue weighted by Crippen LogP contribution is 2.41. The number of ether oxygens (including phenoxy) is 2. The molecule has 0 aliphatic carbocycles. The van der Waals surface area contributed by atoms with Crippen LogP contribution in [-0.4, -0.2) is 29.0 Å². The van der Waals surface area contributed by atoms with Crippen LogP contribution in [0.15, 0.2) is 48.8 Å². The summed E-state index contributed by atoms with van der Waals surface area (Å²) in [5.41, 5.74) is 2.16. The lowest BCUT2D eigenvalue weighted by molar-refractivity contribution is 0.373. The standard InChI is InChI=1S/C19H19ClN4O2/c1-25-14-7-8-18(26-2)15(9-14)17-10-16(12-3-5-13(20)6-4-12)23-19-21-11-22-24(17)19/h3-9,11,16-17H,10H2,1-2H3,(H,21,22,23). The summed E-state index contributed by atoms with van der Waals surface area (Å²) < 4.78 is 12.9. The van der Waals surface area contributed by atoms with Gasteiger partial charge in [-0.15, -0.1) is 0 Å². The van der Waals surface area contributed by atoms with Crippen molar-refractivity contribution in [3.05, 3.63) is 64.9 Å². The van der Waals surface area contributed by atoms with E-state index in [-0.39, 0.29) is 12.1 Å². The minimum Gasteiger partial charge on any atom is -0.497 e. The zero-order valence-electron chi connectivity index (χ0n) is 14.5. The number of anilines is 1. The second kappa shape index (κ2) is 6.88. The summed E-state index contributed by atoms with van der Waals surface area (Å²) in [6.45, 7) is 0. The van der Waals surface area contributed by atoms with Gasteiger partial charge < -0.3 is 14.8 Å². The highest BCUT2D eigenvalue weighted by atomic mass is 35.5. The molecule has 0 spiro atoms. The van der Waals surface area contributed by atoms with E-state index in [9.17, 15) is 0 Å². The number of hydrogen-bond acceptors (Lipinski definition) is 5. The average molecular weight is 371 g/mol. The smallest absolute Gasteiger partial charge is 0.222 e. The molecule has 2 unspecified atom stereocenters. The van der Waals surface area contributed by atoms with E-state index in [1.54, 1.807) is 20.5 Å². The van der Waals surface area contributed by atoms with Gasteiger partial charge in [0.2, 0.25) is 5.95 Å². The fourth-order valence-electron chi connectivity index (χ4n) is 3.39. The van der Waals surface area contributed by atoms with Crippen molar-refractivity contribution < 1.29 is 9.47 Å². The Labute approximate surface area is 156 Å². The van der Waals surface area contributed by atoms with Crippen LogP contribution in [0.2, 0.25) is 5.02 Å². The molecular weight excluding hydrogens is 352 g/mol. The predicted octanol–water partition coefficient (Wildman–Crippen LogP) is 4.10. The third-order valence-electron chi connectivity index (χ3n) is 4.70. The first kappa shape index (κ1) is 16.7. The molecule has 3 aromatic rings. The Bertz CT molecular complexity index is 910. The van der Waals surface area contributed by atoms with Crippen LogP contribution < -0.4 is 14.8 Å². The van der Waals surface area contributed by atoms with Gasteiger partial charge in [0.25, 0.3) is 0 Å². The number of rotatable bonds is 4. The van der Waals surface area contributed by atoms with E-state index < -0.39 is 0 Å². The number of nitrogens with one attached hydrogen (secondary N) is 1. The maximum Gasteiger partial charge on any atom is 0.222 e. The number of benzene rings is 2. The molecule has 2 heterocycles. The Morgan fingerprint density at radius 3 is 2.65 bits per heavy atom. The summed E-state index contributed by atoms with van der Waals surface area (Å²) >= 11 is 6.03. The van der Waals surface area contributed by atoms with Crippen LogP contribution in [-0.2, 0) is 0 Å². The Morgan fingerprint density at radius 1 is 1.12 bits per heavy atom. The summed E-state index contributed by atoms with van der Waals surface area (Å²) in [7, 11) is 3.33. The van der Waals surface area contributed by atoms with Crippen molar-refractivity contribution in [2.75, 3.05) is 19.5 Å². The number of methoxy groups -OCH3 is 2. The van der Waals surface area contributed by atoms with Gasteiger partial charge in [0.15, 0.2) is 0 Å². The van der Waals surface area contributed by atoms with Crippen LogP contribution in [0.5, 0.6) is 11.5 Å². The normalized spacial score (nSPS) is 18.7. The van der Waals surface area contributed by atoms with E-state index in [2.05, 4.69) is 15.4 Å². The predicted molar refractivity (Wildman–Crippen MR) is 100 cm³/mol. The van der Waals surface area contributed by atoms with Gasteiger partial charge in [0.1, 0.15) is 17.8 Å². The van der Waals surface area contributed by atoms with Gasteiger partial charge in [0, 0.05) is 10.6 Å². The van der Waals surface area contributed by atoms with Gasteiger partial charge >= 0.3 is 0 Å². The van der Waals surface area contributed by atoms with Crippen LogP contribution in [0, 0.1) is 0 Å². The monoisotopic (exact) mass is 370 g/mol. The second-order valence-corrected chi connectivity index (χ2v) is 6.57. The third kappa shape index (κ3) is 2.97. The fraction of sp³-hybridized carbons (Fsp3) is 0.263. The summed E-state index contributed by atoms with van der Waals surface area (Å²) in [4.78, 5) is 4.37. The van der Waals surface area contributed by atoms with Gasteiger partial charge in [0.05, 0.1) is 26.3 Å². The highest BCUT2D eigenvalue weighted by molar-refractivity contribution is 6.30. The number of fused-ring (bicyclic) bond motifs is 1. The molecule has 1 aromatic heterocycles. The maximum absolute atomic E-state index is 6.03. The maximum atomic E-state index is 6.03. The molecule has 0 fully saturated rings. The molecule has 26 heavy (non-hydrogen) atoms. The van der Waals surface area contributed by atoms with Crippen molar-refractivity contribution >= 4 is 17.5 Å². The van der Waals surface area contributed by atoms with E-state index in [4.69, 9.17) is 21.1 Å². The SMILES string of the molecule is COc1ccc(OC)c(C2CC(c3ccc(Cl)cc3)Nc3ncnn32)c1. The molecule has 134 valence electrons. The molecule has 0 bridgehead atoms. The lowest BCUT2D eigenvalue weighted by Gasteiger charge is -2.32. The highest BCUT2D eigenvalue weighted by Gasteiger charge is 2.31. The van der Waals surface area contributed by atoms with Gasteiger partial charge in [-0.3, -0.25) is 0 Å². The van der Waals surface area contributed by atoms with Crippen molar-refractivity contribution in [3.63, 3.8) is 0 Å². The van der Waals surface area contributed by atoms with E-state index >= 15 is 0 Å². The summed E-state index contributed by atoms with van der Waals surface area (Å²) in [6, 6.07) is 13.7. The van der Waals surface area contributed by atoms with E-state index in [0.717, 1.165) is 40.0 Å². The summed E-state index contributed by atoms with van der Waals surface area (Å²) in [5, 5.41) is 8.59. The largest absolute Gasteiger partial charge is 0.497 e. The lowest BCUT2D eigenvalue weighted by atomic mass is 9.92. The molecule has 1 aliphatic rings. The summed E-state index contributed by atoms with van der Waals surface area (Å²) in [6.07, 6.45) is 2.35. The van der Waals surface area contributed by atoms with E-state index in [1.807, 2.05) is 47.1 Å². The van der Waals surface area contributed by atoms with Gasteiger partial charge in [-0.05, 0) is 42.3 Å². The van der Waals surface area contributed by atoms with E-state index in [0.29, 0.717) is 0 Å². The molecule has 4 rings (SSSR count). The van der Waals surface area contributed by atoms with Crippen LogP contribution in [0.1, 0.15) is 29.6 Å². The molecular formula is C19H19ClN4O2. The van der Waals surface area contributed by atoms with Crippen molar-refractivity contribution in [3.8, 4) is 11.5 Å². The summed E-state index contributed by atoms with van der Waals surface area (Å²) in [5.74, 6) is 2.31. The molecule has 0 radical (unpaired) electrons. The number of aromatic nitrogens is 3. The van der Waals surface area contributed by atoms with Gasteiger partial charge in [-0.2, -0.15) is 10.1 Å². The van der Waals surface area contributed by atoms with Gasteiger partial charge in [-0.25, -0.2) is 4.68 Å². The topological polar surface area (TPSA) is 61.2 Å². The zero-order chi connectivity index (χ0) is 18.1. The van der Waals surface area contributed by atoms with Crippen LogP contribution in [0.3, 0.4) is 0 Å². The van der Waals surface area contributed by atoms with E-state index in [1.165, 1.54) is 0 Å². The van der Waals surface area contributed by atoms with Crippen LogP contribution in [0.25, 0.3) is 0 Å². The van der Waals surface area contributed by atoms with Crippen LogP contribution >= 0.6 is 11.6 Å². The van der Waals surface area contributed by atoms with Crippen LogP contribution in [0.4, 0.5) is 5.95 Å². The molecule has 7 heteroatoms. The lowest BCUT2D eigenvalue weighted by Crippen LogP contribution is -2.28. The molecule has 6 nitrogen and oxygen atoms in total. The first-order valence-electron chi connectivity index (χ1n) is 8.33. The Hall–Kier alpha value is -2.73. The Kier molecular flexibility index (Phi) is 4.42. The Morgan fingerprint density at radius 2 is 1.92 bits per heavy atom. The third-order valence-corrected chi connectivity index (χ3v) is 4.95. The first-order valence-corrected chi connectivity index (χ1v) is 8.71. The second-order valence-electron chi connectivity index (χ2n) is 6.14. The molecule has 2 aromatic carbocycles. The zero-order valence-corrected chi connectivity index (χ0v) is 15.3. The molecule has 0 saturated heterocycles. The minimum absolute atomic E-state index is 0.0283. The number of hydrogen-bond donors (Lipinski definition) is 1. The molecule has 1 aliphatic heterocycles. The van der Waals surface area contributed by atoms with Crippen molar-refractivity contribution in [1.82, 2.24) is 14.8 Å². The number of nitrogens with zero attached hydrogens (tertiary/aromatic N) is 3. The van der Waals surface area contributed by atoms with Crippen molar-refractivity contribution in [2.24, 2.45) is 0 Å². The van der Waals surface area contributed by atoms with Crippen molar-refractivity contribution in [2.45, 2.75) is 18.5 Å². The first-order chi connectivity index (χ1) is 12.7. The fourth-order valence-corrected chi connectivity index (χ4v) is 3.52. The molecule has 2 atom stereocenters. The molecule has 0 amide bonds.